The van der Waals surface area contributed by atoms with Crippen LogP contribution >= 0.6 is 22.7 Å². The quantitative estimate of drug-likeness (QED) is 0.557. The molecule has 164 valence electrons. The Morgan fingerprint density at radius 3 is 2.81 bits per heavy atom. The lowest BCUT2D eigenvalue weighted by atomic mass is 10.2. The number of carbonyl (C=O) groups is 1. The highest BCUT2D eigenvalue weighted by Gasteiger charge is 2.26. The van der Waals surface area contributed by atoms with E-state index >= 15 is 0 Å². The first-order valence-corrected chi connectivity index (χ1v) is 10.8. The molecule has 12 heteroatoms. The molecule has 2 aromatic heterocycles. The Labute approximate surface area is 182 Å². The highest BCUT2D eigenvalue weighted by molar-refractivity contribution is 7.16. The number of phenols is 1. The van der Waals surface area contributed by atoms with Gasteiger partial charge in [0.25, 0.3) is 0 Å². The van der Waals surface area contributed by atoms with E-state index < -0.39 is 41.0 Å². The first-order chi connectivity index (χ1) is 14.7. The lowest BCUT2D eigenvalue weighted by Crippen LogP contribution is -2.30. The van der Waals surface area contributed by atoms with E-state index in [9.17, 15) is 28.2 Å². The highest BCUT2D eigenvalue weighted by Crippen LogP contribution is 2.37. The Balaban J connectivity index is 1.51. The molecule has 0 radical (unpaired) electrons. The van der Waals surface area contributed by atoms with Crippen LogP contribution in [0.5, 0.6) is 5.75 Å². The number of halogens is 3. The first-order valence-electron chi connectivity index (χ1n) is 9.13. The van der Waals surface area contributed by atoms with Gasteiger partial charge in [0.2, 0.25) is 5.82 Å². The number of aromatic nitrogens is 2. The Hall–Kier alpha value is -2.70. The van der Waals surface area contributed by atoms with Crippen molar-refractivity contribution in [2.45, 2.75) is 26.1 Å². The van der Waals surface area contributed by atoms with Crippen LogP contribution < -0.4 is 0 Å². The van der Waals surface area contributed by atoms with Crippen molar-refractivity contribution in [3.8, 4) is 26.9 Å². The molecule has 3 heterocycles. The minimum absolute atomic E-state index is 0.0404. The fourth-order valence-corrected chi connectivity index (χ4v) is 4.95. The topological polar surface area (TPSA) is 95.8 Å². The number of aliphatic hydroxyl groups excluding tert-OH is 1. The number of hydrogen-bond acceptors (Lipinski definition) is 8. The first kappa shape index (κ1) is 21.5. The van der Waals surface area contributed by atoms with Gasteiger partial charge in [-0.15, -0.1) is 22.7 Å². The second-order valence-corrected chi connectivity index (χ2v) is 8.83. The zero-order valence-electron chi connectivity index (χ0n) is 16.1. The number of aliphatic hydroxyl groups is 1. The van der Waals surface area contributed by atoms with Gasteiger partial charge in [-0.3, -0.25) is 0 Å². The van der Waals surface area contributed by atoms with Gasteiger partial charge < -0.3 is 19.8 Å². The average molecular weight is 471 g/mol. The van der Waals surface area contributed by atoms with Crippen LogP contribution in [0.25, 0.3) is 21.1 Å². The van der Waals surface area contributed by atoms with Crippen LogP contribution in [0, 0.1) is 24.4 Å². The molecule has 1 amide bonds. The van der Waals surface area contributed by atoms with Crippen molar-refractivity contribution in [1.29, 1.82) is 0 Å². The molecule has 1 atom stereocenters. The normalized spacial score (nSPS) is 16.2. The molecule has 0 spiro atoms. The zero-order chi connectivity index (χ0) is 22.3. The molecule has 0 bridgehead atoms. The van der Waals surface area contributed by atoms with Gasteiger partial charge in [-0.05, 0) is 19.4 Å². The van der Waals surface area contributed by atoms with Crippen LogP contribution in [0.1, 0.15) is 17.1 Å². The largest absolute Gasteiger partial charge is 0.503 e. The van der Waals surface area contributed by atoms with E-state index in [1.807, 2.05) is 0 Å². The summed E-state index contributed by atoms with van der Waals surface area (Å²) in [6, 6.07) is 0.691. The van der Waals surface area contributed by atoms with Crippen molar-refractivity contribution in [3.05, 3.63) is 39.6 Å². The summed E-state index contributed by atoms with van der Waals surface area (Å²) < 4.78 is 46.7. The zero-order valence-corrected chi connectivity index (χ0v) is 17.7. The fraction of sp³-hybridized carbons (Fsp3) is 0.316. The number of rotatable bonds is 4. The molecule has 0 saturated carbocycles. The van der Waals surface area contributed by atoms with Gasteiger partial charge in [-0.25, -0.2) is 23.5 Å². The van der Waals surface area contributed by atoms with Crippen LogP contribution in [0.3, 0.4) is 0 Å². The summed E-state index contributed by atoms with van der Waals surface area (Å²) >= 11 is 2.21. The van der Waals surface area contributed by atoms with Crippen molar-refractivity contribution < 1.29 is 32.9 Å². The number of β-amino-alcohol motifs (C(OH)–C–C–N with tert-alkyl or cyclic N) is 1. The van der Waals surface area contributed by atoms with E-state index in [2.05, 4.69) is 9.97 Å². The average Bonchev–Trinajstić information content (AvgIpc) is 3.47. The summed E-state index contributed by atoms with van der Waals surface area (Å²) in [5.74, 6) is -5.72. The third kappa shape index (κ3) is 4.23. The molecule has 1 aliphatic heterocycles. The number of aromatic hydroxyl groups is 1. The summed E-state index contributed by atoms with van der Waals surface area (Å²) in [7, 11) is 0. The molecule has 1 saturated heterocycles. The summed E-state index contributed by atoms with van der Waals surface area (Å²) in [5.41, 5.74) is 0.643. The van der Waals surface area contributed by atoms with Crippen LogP contribution in [-0.2, 0) is 11.3 Å². The Bertz CT molecular complexity index is 1150. The molecule has 1 fully saturated rings. The maximum atomic E-state index is 14.1. The number of thiazole rings is 2. The molecule has 0 aliphatic carbocycles. The molecule has 4 rings (SSSR count). The smallest absolute Gasteiger partial charge is 0.410 e. The lowest BCUT2D eigenvalue weighted by Gasteiger charge is -2.14. The predicted molar refractivity (Wildman–Crippen MR) is 107 cm³/mol. The predicted octanol–water partition coefficient (Wildman–Crippen LogP) is 4.07. The molecule has 7 nitrogen and oxygen atoms in total. The minimum atomic E-state index is -1.67. The standard InChI is InChI=1S/C19H16F3N3O4S2/c1-8-17(31-13(23-8)6-29-19(28)25-3-2-9(26)5-25)12-7-30-18(24-12)10-4-11(20)16(27)15(22)14(10)21/h4,7,9,26-27H,2-3,5-6H2,1H3. The molecule has 31 heavy (non-hydrogen) atoms. The molecule has 1 aromatic carbocycles. The van der Waals surface area contributed by atoms with Gasteiger partial charge in [0, 0.05) is 18.5 Å². The molecular formula is C19H16F3N3O4S2. The van der Waals surface area contributed by atoms with Crippen LogP contribution in [0.15, 0.2) is 11.4 Å². The summed E-state index contributed by atoms with van der Waals surface area (Å²) in [6.45, 7) is 2.33. The monoisotopic (exact) mass is 471 g/mol. The molecule has 1 unspecified atom stereocenters. The van der Waals surface area contributed by atoms with E-state index in [1.54, 1.807) is 12.3 Å². The van der Waals surface area contributed by atoms with Crippen molar-refractivity contribution in [2.75, 3.05) is 13.1 Å². The van der Waals surface area contributed by atoms with Crippen LogP contribution in [0.2, 0.25) is 0 Å². The maximum absolute atomic E-state index is 14.1. The molecule has 1 aliphatic rings. The van der Waals surface area contributed by atoms with Crippen molar-refractivity contribution in [2.24, 2.45) is 0 Å². The van der Waals surface area contributed by atoms with Gasteiger partial charge in [0.1, 0.15) is 16.6 Å². The number of benzene rings is 1. The maximum Gasteiger partial charge on any atom is 0.410 e. The van der Waals surface area contributed by atoms with Crippen molar-refractivity contribution in [3.63, 3.8) is 0 Å². The second kappa shape index (κ2) is 8.44. The van der Waals surface area contributed by atoms with E-state index in [0.29, 0.717) is 40.3 Å². The summed E-state index contributed by atoms with van der Waals surface area (Å²) in [6.07, 6.45) is -0.564. The number of ether oxygens (including phenoxy) is 1. The fourth-order valence-electron chi connectivity index (χ4n) is 3.12. The number of likely N-dealkylation sites (tertiary alicyclic amines) is 1. The number of aryl methyl sites for hydroxylation is 1. The Kier molecular flexibility index (Phi) is 5.86. The van der Waals surface area contributed by atoms with Gasteiger partial charge in [-0.1, -0.05) is 0 Å². The SMILES string of the molecule is Cc1nc(COC(=O)N2CCC(O)C2)sc1-c1csc(-c2cc(F)c(O)c(F)c2F)n1. The molecular weight excluding hydrogens is 455 g/mol. The van der Waals surface area contributed by atoms with Crippen LogP contribution in [-0.4, -0.2) is 50.4 Å². The third-order valence-corrected chi connectivity index (χ3v) is 6.71. The van der Waals surface area contributed by atoms with Crippen molar-refractivity contribution >= 4 is 28.8 Å². The van der Waals surface area contributed by atoms with Gasteiger partial charge >= 0.3 is 6.09 Å². The van der Waals surface area contributed by atoms with Gasteiger partial charge in [0.15, 0.2) is 17.4 Å². The third-order valence-electron chi connectivity index (χ3n) is 4.68. The summed E-state index contributed by atoms with van der Waals surface area (Å²) in [4.78, 5) is 22.7. The highest BCUT2D eigenvalue weighted by atomic mass is 32.1. The molecule has 3 aromatic rings. The Morgan fingerprint density at radius 2 is 2.10 bits per heavy atom. The van der Waals surface area contributed by atoms with E-state index in [-0.39, 0.29) is 18.2 Å². The number of carbonyl (C=O) groups excluding carboxylic acids is 1. The minimum Gasteiger partial charge on any atom is -0.503 e. The Morgan fingerprint density at radius 1 is 1.32 bits per heavy atom. The van der Waals surface area contributed by atoms with Gasteiger partial charge in [0.05, 0.1) is 27.9 Å². The van der Waals surface area contributed by atoms with Crippen LogP contribution in [0.4, 0.5) is 18.0 Å². The van der Waals surface area contributed by atoms with Gasteiger partial charge in [-0.2, -0.15) is 4.39 Å². The van der Waals surface area contributed by atoms with E-state index in [4.69, 9.17) is 4.74 Å². The summed E-state index contributed by atoms with van der Waals surface area (Å²) in [5, 5.41) is 20.8. The van der Waals surface area contributed by atoms with E-state index in [1.165, 1.54) is 16.2 Å². The number of phenolic OH excluding ortho intramolecular Hbond substituents is 1. The number of amides is 1. The number of nitrogens with zero attached hydrogens (tertiary/aromatic N) is 3. The lowest BCUT2D eigenvalue weighted by molar-refractivity contribution is 0.0970. The number of hydrogen-bond donors (Lipinski definition) is 2. The second-order valence-electron chi connectivity index (χ2n) is 6.89. The van der Waals surface area contributed by atoms with E-state index in [0.717, 1.165) is 11.3 Å². The van der Waals surface area contributed by atoms with Crippen molar-refractivity contribution in [1.82, 2.24) is 14.9 Å². The molecule has 2 N–H and O–H groups in total.